The van der Waals surface area contributed by atoms with Crippen LogP contribution in [0.1, 0.15) is 19.8 Å². The monoisotopic (exact) mass is 379 g/mol. The van der Waals surface area contributed by atoms with Crippen LogP contribution in [0.2, 0.25) is 0 Å². The molecule has 144 valence electrons. The number of rotatable bonds is 4. The van der Waals surface area contributed by atoms with Crippen LogP contribution in [-0.4, -0.2) is 23.5 Å². The molecule has 6 heteroatoms. The third kappa shape index (κ3) is 3.97. The molecule has 0 aliphatic carbocycles. The Labute approximate surface area is 162 Å². The molecule has 3 aromatic rings. The van der Waals surface area contributed by atoms with Crippen molar-refractivity contribution in [2.24, 2.45) is 5.92 Å². The predicted molar refractivity (Wildman–Crippen MR) is 107 cm³/mol. The van der Waals surface area contributed by atoms with Gasteiger partial charge in [0.05, 0.1) is 5.69 Å². The fourth-order valence-electron chi connectivity index (χ4n) is 3.59. The lowest BCUT2D eigenvalue weighted by molar-refractivity contribution is -0.120. The molecule has 1 aromatic heterocycles. The van der Waals surface area contributed by atoms with Gasteiger partial charge in [-0.2, -0.15) is 0 Å². The topological polar surface area (TPSA) is 63.2 Å². The van der Waals surface area contributed by atoms with Gasteiger partial charge in [0.1, 0.15) is 17.3 Å². The van der Waals surface area contributed by atoms with E-state index in [1.165, 1.54) is 12.1 Å². The molecule has 0 unspecified atom stereocenters. The third-order valence-electron chi connectivity index (χ3n) is 5.07. The summed E-state index contributed by atoms with van der Waals surface area (Å²) in [6.45, 7) is 2.95. The number of hydrogen-bond donors (Lipinski definition) is 2. The molecule has 2 N–H and O–H groups in total. The molecular formula is C22H22FN3O2. The van der Waals surface area contributed by atoms with Crippen LogP contribution in [-0.2, 0) is 4.79 Å². The van der Waals surface area contributed by atoms with E-state index in [0.29, 0.717) is 23.2 Å². The van der Waals surface area contributed by atoms with Gasteiger partial charge in [-0.25, -0.2) is 4.39 Å². The lowest BCUT2D eigenvalue weighted by atomic mass is 9.92. The van der Waals surface area contributed by atoms with Crippen LogP contribution < -0.4 is 15.4 Å². The number of aromatic nitrogens is 1. The van der Waals surface area contributed by atoms with E-state index >= 15 is 0 Å². The number of ether oxygens (including phenoxy) is 1. The lowest BCUT2D eigenvalue weighted by Crippen LogP contribution is -2.40. The Morgan fingerprint density at radius 3 is 2.79 bits per heavy atom. The molecule has 0 bridgehead atoms. The molecule has 0 saturated carbocycles. The Balaban J connectivity index is 1.60. The number of piperidine rings is 1. The van der Waals surface area contributed by atoms with Gasteiger partial charge < -0.3 is 15.4 Å². The number of halogens is 1. The van der Waals surface area contributed by atoms with Crippen LogP contribution in [0.25, 0.3) is 10.8 Å². The quantitative estimate of drug-likeness (QED) is 0.701. The van der Waals surface area contributed by atoms with Crippen LogP contribution in [0.4, 0.5) is 10.1 Å². The summed E-state index contributed by atoms with van der Waals surface area (Å²) in [5.74, 6) is 0.882. The number of carbonyl (C=O) groups is 1. The summed E-state index contributed by atoms with van der Waals surface area (Å²) in [7, 11) is 0. The molecule has 2 atom stereocenters. The van der Waals surface area contributed by atoms with Crippen LogP contribution in [0.3, 0.4) is 0 Å². The van der Waals surface area contributed by atoms with Crippen LogP contribution in [0.5, 0.6) is 11.5 Å². The van der Waals surface area contributed by atoms with Crippen molar-refractivity contribution < 1.29 is 13.9 Å². The average molecular weight is 379 g/mol. The summed E-state index contributed by atoms with van der Waals surface area (Å²) < 4.78 is 19.0. The molecule has 2 heterocycles. The Morgan fingerprint density at radius 1 is 1.18 bits per heavy atom. The van der Waals surface area contributed by atoms with Crippen LogP contribution in [0, 0.1) is 11.7 Å². The minimum absolute atomic E-state index is 0.00175. The summed E-state index contributed by atoms with van der Waals surface area (Å²) in [5, 5.41) is 8.06. The molecular weight excluding hydrogens is 357 g/mol. The second-order valence-electron chi connectivity index (χ2n) is 7.15. The molecule has 1 aliphatic rings. The second-order valence-corrected chi connectivity index (χ2v) is 7.15. The van der Waals surface area contributed by atoms with Gasteiger partial charge in [0.25, 0.3) is 0 Å². The first-order valence-corrected chi connectivity index (χ1v) is 9.44. The standard InChI is InChI=1S/C22H22FN3O2/c1-14-12-15(8-11-25-14)22(27)26-20-6-7-21(18-9-10-24-13-19(18)20)28-17-4-2-16(23)3-5-17/h2-7,9-10,13-15,25H,8,11-12H2,1H3,(H,26,27)/t14-,15-/m1/s1. The zero-order valence-corrected chi connectivity index (χ0v) is 15.6. The maximum absolute atomic E-state index is 13.1. The first kappa shape index (κ1) is 18.4. The lowest BCUT2D eigenvalue weighted by Gasteiger charge is -2.27. The molecule has 0 spiro atoms. The van der Waals surface area contributed by atoms with E-state index in [1.54, 1.807) is 24.5 Å². The second kappa shape index (κ2) is 7.94. The van der Waals surface area contributed by atoms with Crippen molar-refractivity contribution in [2.45, 2.75) is 25.8 Å². The smallest absolute Gasteiger partial charge is 0.227 e. The van der Waals surface area contributed by atoms with Crippen molar-refractivity contribution in [3.63, 3.8) is 0 Å². The van der Waals surface area contributed by atoms with E-state index in [1.807, 2.05) is 18.2 Å². The maximum Gasteiger partial charge on any atom is 0.227 e. The summed E-state index contributed by atoms with van der Waals surface area (Å²) in [5.41, 5.74) is 0.714. The molecule has 28 heavy (non-hydrogen) atoms. The number of benzene rings is 2. The number of fused-ring (bicyclic) bond motifs is 1. The number of amides is 1. The van der Waals surface area contributed by atoms with Gasteiger partial charge >= 0.3 is 0 Å². The largest absolute Gasteiger partial charge is 0.457 e. The number of pyridine rings is 1. The first-order chi connectivity index (χ1) is 13.6. The van der Waals surface area contributed by atoms with Crippen molar-refractivity contribution in [1.29, 1.82) is 0 Å². The molecule has 2 aromatic carbocycles. The van der Waals surface area contributed by atoms with Gasteiger partial charge in [-0.15, -0.1) is 0 Å². The van der Waals surface area contributed by atoms with E-state index in [9.17, 15) is 9.18 Å². The van der Waals surface area contributed by atoms with E-state index in [2.05, 4.69) is 22.5 Å². The number of nitrogens with one attached hydrogen (secondary N) is 2. The highest BCUT2D eigenvalue weighted by Crippen LogP contribution is 2.34. The molecule has 1 fully saturated rings. The van der Waals surface area contributed by atoms with Gasteiger partial charge in [-0.3, -0.25) is 9.78 Å². The summed E-state index contributed by atoms with van der Waals surface area (Å²) in [6, 6.07) is 11.7. The molecule has 0 radical (unpaired) electrons. The highest BCUT2D eigenvalue weighted by Gasteiger charge is 2.25. The Morgan fingerprint density at radius 2 is 2.00 bits per heavy atom. The number of hydrogen-bond acceptors (Lipinski definition) is 4. The number of anilines is 1. The highest BCUT2D eigenvalue weighted by atomic mass is 19.1. The summed E-state index contributed by atoms with van der Waals surface area (Å²) >= 11 is 0. The van der Waals surface area contributed by atoms with E-state index in [0.717, 1.165) is 30.2 Å². The summed E-state index contributed by atoms with van der Waals surface area (Å²) in [4.78, 5) is 16.9. The fraction of sp³-hybridized carbons (Fsp3) is 0.273. The fourth-order valence-corrected chi connectivity index (χ4v) is 3.59. The van der Waals surface area contributed by atoms with Crippen molar-refractivity contribution in [3.05, 3.63) is 60.7 Å². The van der Waals surface area contributed by atoms with E-state index in [4.69, 9.17) is 4.74 Å². The van der Waals surface area contributed by atoms with Gasteiger partial charge in [-0.05, 0) is 68.8 Å². The zero-order chi connectivity index (χ0) is 19.5. The van der Waals surface area contributed by atoms with Crippen molar-refractivity contribution in [3.8, 4) is 11.5 Å². The maximum atomic E-state index is 13.1. The zero-order valence-electron chi connectivity index (χ0n) is 15.6. The van der Waals surface area contributed by atoms with Crippen LogP contribution in [0.15, 0.2) is 54.9 Å². The predicted octanol–water partition coefficient (Wildman–Crippen LogP) is 4.49. The van der Waals surface area contributed by atoms with Crippen LogP contribution >= 0.6 is 0 Å². The minimum Gasteiger partial charge on any atom is -0.457 e. The van der Waals surface area contributed by atoms with Gasteiger partial charge in [-0.1, -0.05) is 0 Å². The molecule has 4 rings (SSSR count). The molecule has 1 amide bonds. The van der Waals surface area contributed by atoms with E-state index < -0.39 is 0 Å². The first-order valence-electron chi connectivity index (χ1n) is 9.44. The minimum atomic E-state index is -0.313. The number of carbonyl (C=O) groups excluding carboxylic acids is 1. The van der Waals surface area contributed by atoms with Crippen molar-refractivity contribution in [1.82, 2.24) is 10.3 Å². The average Bonchev–Trinajstić information content (AvgIpc) is 2.71. The Kier molecular flexibility index (Phi) is 5.21. The molecule has 1 saturated heterocycles. The normalized spacial score (nSPS) is 19.4. The molecule has 5 nitrogen and oxygen atoms in total. The van der Waals surface area contributed by atoms with Gasteiger partial charge in [0.15, 0.2) is 0 Å². The molecule has 1 aliphatic heterocycles. The highest BCUT2D eigenvalue weighted by molar-refractivity contribution is 6.04. The van der Waals surface area contributed by atoms with Gasteiger partial charge in [0.2, 0.25) is 5.91 Å². The number of nitrogens with zero attached hydrogens (tertiary/aromatic N) is 1. The van der Waals surface area contributed by atoms with E-state index in [-0.39, 0.29) is 17.6 Å². The SMILES string of the molecule is C[C@@H]1C[C@H](C(=O)Nc2ccc(Oc3ccc(F)cc3)c3ccncc23)CCN1. The van der Waals surface area contributed by atoms with Gasteiger partial charge in [0, 0.05) is 35.1 Å². The Hall–Kier alpha value is -2.99. The Bertz CT molecular complexity index is 991. The van der Waals surface area contributed by atoms with Crippen molar-refractivity contribution in [2.75, 3.05) is 11.9 Å². The summed E-state index contributed by atoms with van der Waals surface area (Å²) in [6.07, 6.45) is 5.05. The van der Waals surface area contributed by atoms with Crippen molar-refractivity contribution >= 4 is 22.4 Å². The third-order valence-corrected chi connectivity index (χ3v) is 5.07.